The molecule has 2 unspecified atom stereocenters. The first-order valence-corrected chi connectivity index (χ1v) is 12.0. The molecular formula is C24H30N4O3S. The molecule has 3 heterocycles. The van der Waals surface area contributed by atoms with Gasteiger partial charge in [-0.05, 0) is 55.5 Å². The molecule has 2 N–H and O–H groups in total. The Hall–Kier alpha value is -2.71. The van der Waals surface area contributed by atoms with Crippen LogP contribution in [0.5, 0.6) is 0 Å². The van der Waals surface area contributed by atoms with Gasteiger partial charge in [0.25, 0.3) is 0 Å². The number of hydrogen-bond acceptors (Lipinski definition) is 6. The minimum absolute atomic E-state index is 0.132. The van der Waals surface area contributed by atoms with Crippen molar-refractivity contribution in [1.29, 1.82) is 0 Å². The van der Waals surface area contributed by atoms with E-state index in [-0.39, 0.29) is 17.7 Å². The highest BCUT2D eigenvalue weighted by Crippen LogP contribution is 2.33. The number of ether oxygens (including phenoxy) is 1. The highest BCUT2D eigenvalue weighted by atomic mass is 32.1. The van der Waals surface area contributed by atoms with Crippen LogP contribution in [0.1, 0.15) is 61.6 Å². The number of carboxylic acids is 1. The van der Waals surface area contributed by atoms with Crippen LogP contribution >= 0.6 is 11.3 Å². The summed E-state index contributed by atoms with van der Waals surface area (Å²) in [5, 5.41) is 19.8. The van der Waals surface area contributed by atoms with Crippen LogP contribution in [0.25, 0.3) is 10.4 Å². The molecule has 8 heteroatoms. The minimum atomic E-state index is -1.02. The predicted molar refractivity (Wildman–Crippen MR) is 127 cm³/mol. The lowest BCUT2D eigenvalue weighted by atomic mass is 9.92. The topological polar surface area (TPSA) is 89.3 Å². The average Bonchev–Trinajstić information content (AvgIpc) is 3.44. The first-order valence-electron chi connectivity index (χ1n) is 11.1. The maximum Gasteiger partial charge on any atom is 0.339 e. The molecule has 0 bridgehead atoms. The number of carbonyl (C=O) groups is 1. The van der Waals surface area contributed by atoms with Crippen molar-refractivity contribution in [1.82, 2.24) is 14.8 Å². The van der Waals surface area contributed by atoms with Crippen molar-refractivity contribution in [3.05, 3.63) is 47.1 Å². The normalized spacial score (nSPS) is 18.8. The van der Waals surface area contributed by atoms with E-state index in [1.165, 1.54) is 0 Å². The summed E-state index contributed by atoms with van der Waals surface area (Å²) in [4.78, 5) is 17.4. The van der Waals surface area contributed by atoms with Crippen LogP contribution in [0.3, 0.4) is 0 Å². The quantitative estimate of drug-likeness (QED) is 0.449. The van der Waals surface area contributed by atoms with Gasteiger partial charge in [0, 0.05) is 35.5 Å². The second kappa shape index (κ2) is 9.83. The number of aromatic nitrogens is 3. The van der Waals surface area contributed by atoms with Crippen molar-refractivity contribution in [3.63, 3.8) is 0 Å². The van der Waals surface area contributed by atoms with Gasteiger partial charge in [-0.3, -0.25) is 4.68 Å². The number of rotatable bonds is 8. The van der Waals surface area contributed by atoms with Gasteiger partial charge in [-0.2, -0.15) is 5.10 Å². The summed E-state index contributed by atoms with van der Waals surface area (Å²) in [7, 11) is 1.77. The Morgan fingerprint density at radius 1 is 1.38 bits per heavy atom. The molecule has 0 aromatic carbocycles. The SMILES string of the molecule is COC1CCCC(n2nc(Nc3ncc(-c4cccs4)cc3C(=O)O)cc2CC(C)C)C1. The lowest BCUT2D eigenvalue weighted by molar-refractivity contribution is 0.0502. The molecule has 0 spiro atoms. The highest BCUT2D eigenvalue weighted by Gasteiger charge is 2.26. The highest BCUT2D eigenvalue weighted by molar-refractivity contribution is 7.13. The second-order valence-corrected chi connectivity index (χ2v) is 9.72. The molecule has 0 aliphatic heterocycles. The van der Waals surface area contributed by atoms with Crippen molar-refractivity contribution < 1.29 is 14.6 Å². The maximum atomic E-state index is 12.0. The Bertz CT molecular complexity index is 1060. The van der Waals surface area contributed by atoms with E-state index >= 15 is 0 Å². The van der Waals surface area contributed by atoms with Crippen molar-refractivity contribution >= 4 is 28.9 Å². The van der Waals surface area contributed by atoms with Gasteiger partial charge in [0.15, 0.2) is 5.82 Å². The molecule has 1 aliphatic rings. The third kappa shape index (κ3) is 5.02. The van der Waals surface area contributed by atoms with Crippen molar-refractivity contribution in [2.24, 2.45) is 5.92 Å². The van der Waals surface area contributed by atoms with E-state index < -0.39 is 5.97 Å². The molecule has 0 radical (unpaired) electrons. The average molecular weight is 455 g/mol. The van der Waals surface area contributed by atoms with Crippen LogP contribution in [0.4, 0.5) is 11.6 Å². The molecule has 1 fully saturated rings. The van der Waals surface area contributed by atoms with Crippen LogP contribution in [0, 0.1) is 5.92 Å². The van der Waals surface area contributed by atoms with Crippen LogP contribution in [0.2, 0.25) is 0 Å². The van der Waals surface area contributed by atoms with Gasteiger partial charge >= 0.3 is 5.97 Å². The second-order valence-electron chi connectivity index (χ2n) is 8.77. The van der Waals surface area contributed by atoms with Gasteiger partial charge < -0.3 is 15.2 Å². The minimum Gasteiger partial charge on any atom is -0.478 e. The largest absolute Gasteiger partial charge is 0.478 e. The third-order valence-electron chi connectivity index (χ3n) is 5.88. The zero-order valence-electron chi connectivity index (χ0n) is 18.7. The number of aromatic carboxylic acids is 1. The fourth-order valence-electron chi connectivity index (χ4n) is 4.36. The fraction of sp³-hybridized carbons (Fsp3) is 0.458. The molecule has 1 saturated carbocycles. The maximum absolute atomic E-state index is 12.0. The van der Waals surface area contributed by atoms with E-state index in [1.54, 1.807) is 30.7 Å². The zero-order chi connectivity index (χ0) is 22.7. The molecule has 32 heavy (non-hydrogen) atoms. The zero-order valence-corrected chi connectivity index (χ0v) is 19.6. The van der Waals surface area contributed by atoms with Crippen LogP contribution < -0.4 is 5.32 Å². The van der Waals surface area contributed by atoms with Gasteiger partial charge in [0.2, 0.25) is 0 Å². The summed E-state index contributed by atoms with van der Waals surface area (Å²) in [6.07, 6.45) is 7.07. The van der Waals surface area contributed by atoms with E-state index in [1.807, 2.05) is 23.6 Å². The summed E-state index contributed by atoms with van der Waals surface area (Å²) >= 11 is 1.56. The van der Waals surface area contributed by atoms with E-state index in [0.717, 1.165) is 48.2 Å². The Morgan fingerprint density at radius 2 is 2.22 bits per heavy atom. The lowest BCUT2D eigenvalue weighted by Gasteiger charge is -2.29. The Kier molecular flexibility index (Phi) is 6.91. The van der Waals surface area contributed by atoms with Crippen LogP contribution in [-0.4, -0.2) is 39.1 Å². The fourth-order valence-corrected chi connectivity index (χ4v) is 5.07. The standard InChI is InChI=1S/C24H30N4O3S/c1-15(2)10-18-13-22(27-28(18)17-6-4-7-19(12-17)31-3)26-23-20(24(29)30)11-16(14-25-23)21-8-5-9-32-21/h5,8-9,11,13-15,17,19H,4,6-7,10,12H2,1-3H3,(H,29,30)(H,25,26,27). The van der Waals surface area contributed by atoms with E-state index in [2.05, 4.69) is 28.8 Å². The van der Waals surface area contributed by atoms with Crippen LogP contribution in [-0.2, 0) is 11.2 Å². The van der Waals surface area contributed by atoms with E-state index in [0.29, 0.717) is 17.6 Å². The molecular weight excluding hydrogens is 424 g/mol. The van der Waals surface area contributed by atoms with Gasteiger partial charge in [0.1, 0.15) is 11.4 Å². The number of hydrogen-bond donors (Lipinski definition) is 2. The first-order chi connectivity index (χ1) is 15.4. The Morgan fingerprint density at radius 3 is 2.91 bits per heavy atom. The van der Waals surface area contributed by atoms with Crippen molar-refractivity contribution in [2.75, 3.05) is 12.4 Å². The number of nitrogens with one attached hydrogen (secondary N) is 1. The molecule has 1 aliphatic carbocycles. The van der Waals surface area contributed by atoms with E-state index in [9.17, 15) is 9.90 Å². The molecule has 4 rings (SSSR count). The number of carboxylic acid groups (broad SMARTS) is 1. The van der Waals surface area contributed by atoms with Gasteiger partial charge in [-0.1, -0.05) is 19.9 Å². The van der Waals surface area contributed by atoms with Gasteiger partial charge in [0.05, 0.1) is 12.1 Å². The molecule has 170 valence electrons. The Labute approximate surface area is 192 Å². The van der Waals surface area contributed by atoms with Gasteiger partial charge in [-0.25, -0.2) is 9.78 Å². The summed E-state index contributed by atoms with van der Waals surface area (Å²) < 4.78 is 7.74. The number of anilines is 2. The number of thiophene rings is 1. The smallest absolute Gasteiger partial charge is 0.339 e. The van der Waals surface area contributed by atoms with Gasteiger partial charge in [-0.15, -0.1) is 11.3 Å². The van der Waals surface area contributed by atoms with Crippen LogP contribution in [0.15, 0.2) is 35.8 Å². The predicted octanol–water partition coefficient (Wildman–Crippen LogP) is 5.78. The Balaban J connectivity index is 1.64. The summed E-state index contributed by atoms with van der Waals surface area (Å²) in [6.45, 7) is 4.38. The van der Waals surface area contributed by atoms with Crippen molar-refractivity contribution in [2.45, 2.75) is 58.1 Å². The summed E-state index contributed by atoms with van der Waals surface area (Å²) in [5.74, 6) is 0.393. The van der Waals surface area contributed by atoms with E-state index in [4.69, 9.17) is 9.84 Å². The number of methoxy groups -OCH3 is 1. The first kappa shape index (κ1) is 22.5. The summed E-state index contributed by atoms with van der Waals surface area (Å²) in [6, 6.07) is 7.87. The molecule has 7 nitrogen and oxygen atoms in total. The molecule has 2 atom stereocenters. The molecule has 3 aromatic heterocycles. The number of nitrogens with zero attached hydrogens (tertiary/aromatic N) is 3. The number of pyridine rings is 1. The third-order valence-corrected chi connectivity index (χ3v) is 6.80. The molecule has 3 aromatic rings. The lowest BCUT2D eigenvalue weighted by Crippen LogP contribution is -2.26. The monoisotopic (exact) mass is 454 g/mol. The molecule has 0 amide bonds. The molecule has 0 saturated heterocycles. The van der Waals surface area contributed by atoms with Crippen molar-refractivity contribution in [3.8, 4) is 10.4 Å². The summed E-state index contributed by atoms with van der Waals surface area (Å²) in [5.41, 5.74) is 2.08.